The van der Waals surface area contributed by atoms with Gasteiger partial charge in [0, 0.05) is 42.2 Å². The predicted octanol–water partition coefficient (Wildman–Crippen LogP) is 2.60. The highest BCUT2D eigenvalue weighted by Gasteiger charge is 2.57. The van der Waals surface area contributed by atoms with Crippen LogP contribution in [-0.2, 0) is 37.9 Å². The Morgan fingerprint density at radius 1 is 1.20 bits per heavy atom. The molecule has 6 rings (SSSR count). The van der Waals surface area contributed by atoms with Gasteiger partial charge in [0.2, 0.25) is 10.0 Å². The van der Waals surface area contributed by atoms with Crippen LogP contribution < -0.4 is 19.5 Å². The molecule has 3 N–H and O–H groups in total. The molecule has 1 aromatic carbocycles. The number of thiophene rings is 1. The Balaban J connectivity index is 1.39. The van der Waals surface area contributed by atoms with E-state index in [1.807, 2.05) is 6.07 Å². The van der Waals surface area contributed by atoms with E-state index in [1.165, 1.54) is 12.5 Å². The fraction of sp³-hybridized carbons (Fsp3) is 0.462. The number of nitrogens with one attached hydrogen (secondary N) is 2. The Kier molecular flexibility index (Phi) is 6.83. The minimum absolute atomic E-state index is 0.134. The van der Waals surface area contributed by atoms with Crippen LogP contribution in [0.4, 0.5) is 5.00 Å². The van der Waals surface area contributed by atoms with Gasteiger partial charge < -0.3 is 24.8 Å². The van der Waals surface area contributed by atoms with E-state index in [4.69, 9.17) is 9.47 Å². The van der Waals surface area contributed by atoms with Crippen molar-refractivity contribution in [3.8, 4) is 11.5 Å². The lowest BCUT2D eigenvalue weighted by molar-refractivity contribution is -0.134. The average molecular weight is 623 g/mol. The van der Waals surface area contributed by atoms with Crippen molar-refractivity contribution in [2.75, 3.05) is 25.8 Å². The molecule has 3 heterocycles. The number of carbonyl (C=O) groups excluding carboxylic acids is 1. The van der Waals surface area contributed by atoms with Gasteiger partial charge in [-0.1, -0.05) is 0 Å². The Labute approximate surface area is 242 Å². The molecular weight excluding hydrogens is 593 g/mol. The maximum atomic E-state index is 14.2. The Hall–Kier alpha value is -3.14. The molecule has 4 atom stereocenters. The summed E-state index contributed by atoms with van der Waals surface area (Å²) in [5.41, 5.74) is 0.823. The summed E-state index contributed by atoms with van der Waals surface area (Å²) in [7, 11) is -4.79. The van der Waals surface area contributed by atoms with E-state index in [-0.39, 0.29) is 69.5 Å². The topological polar surface area (TPSA) is 164 Å². The van der Waals surface area contributed by atoms with Crippen LogP contribution in [0.1, 0.15) is 30.4 Å². The zero-order valence-corrected chi connectivity index (χ0v) is 25.0. The first-order valence-corrected chi connectivity index (χ1v) is 17.2. The van der Waals surface area contributed by atoms with E-state index in [2.05, 4.69) is 14.4 Å². The number of fused-ring (bicyclic) bond motifs is 6. The SMILES string of the molecule is COc1ccc(CN2C(=O)C(C3=NS(=O)(=O)c4c(CNS(C)(=O)=O)csc4N3)=C(O)C3C4CCC(C4)C32)c(OC)c1. The number of ether oxygens (including phenoxy) is 2. The summed E-state index contributed by atoms with van der Waals surface area (Å²) in [5, 5.41) is 16.2. The summed E-state index contributed by atoms with van der Waals surface area (Å²) in [6, 6.07) is 5.12. The molecule has 1 amide bonds. The van der Waals surface area contributed by atoms with Crippen LogP contribution in [0.2, 0.25) is 0 Å². The van der Waals surface area contributed by atoms with Crippen LogP contribution in [0.15, 0.2) is 44.2 Å². The summed E-state index contributed by atoms with van der Waals surface area (Å²) in [4.78, 5) is 15.7. The predicted molar refractivity (Wildman–Crippen MR) is 152 cm³/mol. The third-order valence-corrected chi connectivity index (χ3v) is 11.5. The van der Waals surface area contributed by atoms with Crippen LogP contribution >= 0.6 is 11.3 Å². The van der Waals surface area contributed by atoms with Crippen LogP contribution in [0.25, 0.3) is 0 Å². The molecule has 15 heteroatoms. The summed E-state index contributed by atoms with van der Waals surface area (Å²) in [6.45, 7) is -0.0354. The molecule has 1 aromatic heterocycles. The lowest BCUT2D eigenvalue weighted by Gasteiger charge is -2.44. The zero-order chi connectivity index (χ0) is 29.3. The summed E-state index contributed by atoms with van der Waals surface area (Å²) in [5.74, 6) is 0.317. The van der Waals surface area contributed by atoms with Crippen LogP contribution in [0.5, 0.6) is 11.5 Å². The largest absolute Gasteiger partial charge is 0.511 e. The van der Waals surface area contributed by atoms with Gasteiger partial charge in [-0.3, -0.25) is 4.79 Å². The zero-order valence-electron chi connectivity index (χ0n) is 22.6. The van der Waals surface area contributed by atoms with Crippen LogP contribution in [0, 0.1) is 17.8 Å². The molecule has 12 nitrogen and oxygen atoms in total. The van der Waals surface area contributed by atoms with Crippen molar-refractivity contribution in [1.82, 2.24) is 9.62 Å². The maximum absolute atomic E-state index is 14.2. The van der Waals surface area contributed by atoms with Gasteiger partial charge in [-0.2, -0.15) is 8.42 Å². The third-order valence-electron chi connectivity index (χ3n) is 8.39. The van der Waals surface area contributed by atoms with Gasteiger partial charge in [0.1, 0.15) is 32.7 Å². The van der Waals surface area contributed by atoms with Gasteiger partial charge in [0.15, 0.2) is 5.84 Å². The standard InChI is InChI=1S/C26H30N4O8S3/c1-37-17-7-6-15(18(9-17)38-2)11-30-21-14-5-4-13(8-14)19(21)22(31)20(26(30)32)24-28-25-23(41(35,36)29-24)16(12-39-25)10-27-40(3,33)34/h6-7,9,12-14,19,21,27,31H,4-5,8,10-11H2,1-3H3,(H,28,29). The van der Waals surface area contributed by atoms with Crippen LogP contribution in [0.3, 0.4) is 0 Å². The molecule has 220 valence electrons. The number of anilines is 1. The van der Waals surface area contributed by atoms with Gasteiger partial charge >= 0.3 is 0 Å². The third kappa shape index (κ3) is 4.77. The molecule has 2 aromatic rings. The first-order valence-electron chi connectivity index (χ1n) is 13.0. The number of amides is 1. The highest BCUT2D eigenvalue weighted by atomic mass is 32.2. The van der Waals surface area contributed by atoms with E-state index in [1.54, 1.807) is 24.1 Å². The number of rotatable bonds is 8. The van der Waals surface area contributed by atoms with Crippen molar-refractivity contribution in [1.29, 1.82) is 0 Å². The number of hydrogen-bond acceptors (Lipinski definition) is 10. The highest BCUT2D eigenvalue weighted by Crippen LogP contribution is 2.55. The number of aliphatic hydroxyl groups is 1. The minimum atomic E-state index is -4.32. The van der Waals surface area contributed by atoms with Gasteiger partial charge in [-0.25, -0.2) is 13.1 Å². The number of amidine groups is 1. The van der Waals surface area contributed by atoms with Crippen LogP contribution in [-0.4, -0.2) is 65.1 Å². The van der Waals surface area contributed by atoms with Crippen molar-refractivity contribution in [2.24, 2.45) is 22.2 Å². The lowest BCUT2D eigenvalue weighted by atomic mass is 9.77. The fourth-order valence-corrected chi connectivity index (χ4v) is 9.73. The first-order chi connectivity index (χ1) is 19.4. The van der Waals surface area contributed by atoms with Gasteiger partial charge in [-0.15, -0.1) is 15.7 Å². The molecule has 0 spiro atoms. The maximum Gasteiger partial charge on any atom is 0.287 e. The molecule has 0 saturated heterocycles. The molecule has 0 radical (unpaired) electrons. The molecule has 2 saturated carbocycles. The Morgan fingerprint density at radius 2 is 1.95 bits per heavy atom. The van der Waals surface area contributed by atoms with Crippen molar-refractivity contribution in [3.05, 3.63) is 46.0 Å². The Morgan fingerprint density at radius 3 is 2.66 bits per heavy atom. The van der Waals surface area contributed by atoms with Gasteiger partial charge in [0.05, 0.1) is 20.5 Å². The molecule has 2 aliphatic carbocycles. The van der Waals surface area contributed by atoms with Crippen molar-refractivity contribution >= 4 is 48.1 Å². The molecule has 4 unspecified atom stereocenters. The fourth-order valence-electron chi connectivity index (χ4n) is 6.70. The molecule has 2 bridgehead atoms. The van der Waals surface area contributed by atoms with E-state index in [0.717, 1.165) is 42.4 Å². The van der Waals surface area contributed by atoms with Gasteiger partial charge in [-0.05, 0) is 48.6 Å². The van der Waals surface area contributed by atoms with E-state index in [0.29, 0.717) is 11.5 Å². The summed E-state index contributed by atoms with van der Waals surface area (Å²) < 4.78 is 67.0. The van der Waals surface area contributed by atoms with Crippen molar-refractivity contribution in [3.63, 3.8) is 0 Å². The van der Waals surface area contributed by atoms with E-state index in [9.17, 15) is 26.7 Å². The minimum Gasteiger partial charge on any atom is -0.511 e. The molecular formula is C26H30N4O8S3. The smallest absolute Gasteiger partial charge is 0.287 e. The quantitative estimate of drug-likeness (QED) is 0.402. The average Bonchev–Trinajstić information content (AvgIpc) is 3.64. The number of aliphatic hydroxyl groups excluding tert-OH is 1. The number of carbonyl (C=O) groups is 1. The second-order valence-electron chi connectivity index (χ2n) is 10.8. The molecule has 41 heavy (non-hydrogen) atoms. The number of nitrogens with zero attached hydrogens (tertiary/aromatic N) is 2. The second-order valence-corrected chi connectivity index (χ2v) is 15.0. The molecule has 2 fully saturated rings. The normalized spacial score (nSPS) is 26.4. The second kappa shape index (κ2) is 10.00. The first kappa shape index (κ1) is 28.0. The van der Waals surface area contributed by atoms with Crippen molar-refractivity contribution < 1.29 is 36.2 Å². The number of benzene rings is 1. The van der Waals surface area contributed by atoms with E-state index >= 15 is 0 Å². The number of methoxy groups -OCH3 is 2. The highest BCUT2D eigenvalue weighted by molar-refractivity contribution is 7.91. The summed E-state index contributed by atoms with van der Waals surface area (Å²) >= 11 is 1.05. The molecule has 4 aliphatic rings. The lowest BCUT2D eigenvalue weighted by Crippen LogP contribution is -2.53. The van der Waals surface area contributed by atoms with Crippen molar-refractivity contribution in [2.45, 2.75) is 43.3 Å². The summed E-state index contributed by atoms with van der Waals surface area (Å²) in [6.07, 6.45) is 3.73. The Bertz CT molecular complexity index is 1710. The number of sulfonamides is 2. The monoisotopic (exact) mass is 622 g/mol. The van der Waals surface area contributed by atoms with Gasteiger partial charge in [0.25, 0.3) is 15.9 Å². The number of hydrogen-bond donors (Lipinski definition) is 3. The van der Waals surface area contributed by atoms with E-state index < -0.39 is 26.0 Å². The molecule has 2 aliphatic heterocycles.